The third-order valence-corrected chi connectivity index (χ3v) is 3.58. The molecule has 2 rings (SSSR count). The number of hydrazine groups is 1. The topological polar surface area (TPSA) is 110 Å². The minimum absolute atomic E-state index is 0.120. The Morgan fingerprint density at radius 2 is 2.19 bits per heavy atom. The van der Waals surface area contributed by atoms with Gasteiger partial charge in [-0.1, -0.05) is 34.1 Å². The molecule has 21 heavy (non-hydrogen) atoms. The summed E-state index contributed by atoms with van der Waals surface area (Å²) in [6, 6.07) is 7.63. The smallest absolute Gasteiger partial charge is 0.329 e. The molecule has 0 bridgehead atoms. The molecule has 9 heteroatoms. The highest BCUT2D eigenvalue weighted by atomic mass is 79.9. The normalized spacial score (nSPS) is 10.2. The molecule has 0 atom stereocenters. The Kier molecular flexibility index (Phi) is 4.66. The van der Waals surface area contributed by atoms with E-state index in [0.29, 0.717) is 6.54 Å². The zero-order valence-corrected chi connectivity index (χ0v) is 12.7. The first kappa shape index (κ1) is 15.1. The Balaban J connectivity index is 2.35. The molecular formula is C12H13BrN6O2. The zero-order chi connectivity index (χ0) is 15.4. The number of aromatic nitrogens is 2. The number of nitro groups is 1. The molecule has 0 aliphatic heterocycles. The predicted octanol–water partition coefficient (Wildman–Crippen LogP) is 2.07. The standard InChI is InChI=1S/C12H13BrN6O2/c1-18(7-8-4-2-3-5-9(8)13)11-10(19(20)21)6-15-12(16-11)17-14/h2-6H,7,14H2,1H3,(H,15,16,17). The summed E-state index contributed by atoms with van der Waals surface area (Å²) in [5.41, 5.74) is 3.09. The first-order valence-corrected chi connectivity index (χ1v) is 6.75. The molecule has 0 aliphatic rings. The van der Waals surface area contributed by atoms with Crippen molar-refractivity contribution < 1.29 is 4.92 Å². The van der Waals surface area contributed by atoms with Crippen LogP contribution < -0.4 is 16.2 Å². The van der Waals surface area contributed by atoms with Gasteiger partial charge >= 0.3 is 5.69 Å². The van der Waals surface area contributed by atoms with Gasteiger partial charge in [-0.05, 0) is 11.6 Å². The van der Waals surface area contributed by atoms with E-state index in [9.17, 15) is 10.1 Å². The van der Waals surface area contributed by atoms with Gasteiger partial charge in [0.1, 0.15) is 6.20 Å². The van der Waals surface area contributed by atoms with Crippen LogP contribution >= 0.6 is 15.9 Å². The molecular weight excluding hydrogens is 340 g/mol. The molecule has 8 nitrogen and oxygen atoms in total. The molecule has 0 fully saturated rings. The Hall–Kier alpha value is -2.26. The van der Waals surface area contributed by atoms with Gasteiger partial charge in [-0.3, -0.25) is 15.5 Å². The number of nitrogens with one attached hydrogen (secondary N) is 1. The van der Waals surface area contributed by atoms with Crippen molar-refractivity contribution in [2.45, 2.75) is 6.54 Å². The average Bonchev–Trinajstić information content (AvgIpc) is 2.48. The number of rotatable bonds is 5. The van der Waals surface area contributed by atoms with E-state index >= 15 is 0 Å². The van der Waals surface area contributed by atoms with E-state index in [1.165, 1.54) is 0 Å². The third-order valence-electron chi connectivity index (χ3n) is 2.80. The molecule has 0 saturated carbocycles. The lowest BCUT2D eigenvalue weighted by atomic mass is 10.2. The van der Waals surface area contributed by atoms with Gasteiger partial charge in [0.05, 0.1) is 4.92 Å². The second kappa shape index (κ2) is 6.46. The maximum absolute atomic E-state index is 11.1. The van der Waals surface area contributed by atoms with Gasteiger partial charge in [0.2, 0.25) is 11.8 Å². The molecule has 0 aliphatic carbocycles. The van der Waals surface area contributed by atoms with E-state index < -0.39 is 4.92 Å². The Morgan fingerprint density at radius 1 is 1.48 bits per heavy atom. The quantitative estimate of drug-likeness (QED) is 0.481. The van der Waals surface area contributed by atoms with E-state index in [4.69, 9.17) is 5.84 Å². The maximum atomic E-state index is 11.1. The van der Waals surface area contributed by atoms with Crippen LogP contribution in [0, 0.1) is 10.1 Å². The summed E-state index contributed by atoms with van der Waals surface area (Å²) in [6.45, 7) is 0.448. The molecule has 1 aromatic carbocycles. The number of benzene rings is 1. The highest BCUT2D eigenvalue weighted by Gasteiger charge is 2.21. The molecule has 1 aromatic heterocycles. The van der Waals surface area contributed by atoms with Crippen molar-refractivity contribution in [3.63, 3.8) is 0 Å². The molecule has 1 heterocycles. The van der Waals surface area contributed by atoms with Crippen molar-refractivity contribution in [1.29, 1.82) is 0 Å². The third kappa shape index (κ3) is 3.44. The summed E-state index contributed by atoms with van der Waals surface area (Å²) in [4.78, 5) is 20.1. The van der Waals surface area contributed by atoms with Crippen LogP contribution in [0.1, 0.15) is 5.56 Å². The first-order chi connectivity index (χ1) is 10.0. The fraction of sp³-hybridized carbons (Fsp3) is 0.167. The van der Waals surface area contributed by atoms with Crippen LogP contribution in [0.25, 0.3) is 0 Å². The number of nitrogens with zero attached hydrogens (tertiary/aromatic N) is 4. The number of anilines is 2. The van der Waals surface area contributed by atoms with Gasteiger partial charge < -0.3 is 4.90 Å². The van der Waals surface area contributed by atoms with Crippen LogP contribution in [0.15, 0.2) is 34.9 Å². The summed E-state index contributed by atoms with van der Waals surface area (Å²) in [5.74, 6) is 5.56. The largest absolute Gasteiger partial charge is 0.349 e. The fourth-order valence-electron chi connectivity index (χ4n) is 1.80. The highest BCUT2D eigenvalue weighted by molar-refractivity contribution is 9.10. The first-order valence-electron chi connectivity index (χ1n) is 5.95. The Bertz CT molecular complexity index is 666. The Morgan fingerprint density at radius 3 is 2.81 bits per heavy atom. The van der Waals surface area contributed by atoms with E-state index in [1.54, 1.807) is 11.9 Å². The monoisotopic (exact) mass is 352 g/mol. The summed E-state index contributed by atoms with van der Waals surface area (Å²) in [7, 11) is 1.72. The number of hydrogen-bond donors (Lipinski definition) is 2. The SMILES string of the molecule is CN(Cc1ccccc1Br)c1nc(NN)ncc1[N+](=O)[O-]. The van der Waals surface area contributed by atoms with E-state index in [2.05, 4.69) is 31.3 Å². The maximum Gasteiger partial charge on any atom is 0.329 e. The molecule has 0 unspecified atom stereocenters. The van der Waals surface area contributed by atoms with Crippen molar-refractivity contribution in [3.05, 3.63) is 50.6 Å². The van der Waals surface area contributed by atoms with Crippen molar-refractivity contribution in [2.24, 2.45) is 5.84 Å². The van der Waals surface area contributed by atoms with Crippen molar-refractivity contribution in [3.8, 4) is 0 Å². The lowest BCUT2D eigenvalue weighted by Crippen LogP contribution is -2.21. The number of nitrogens with two attached hydrogens (primary N) is 1. The lowest BCUT2D eigenvalue weighted by Gasteiger charge is -2.19. The number of hydrogen-bond acceptors (Lipinski definition) is 7. The van der Waals surface area contributed by atoms with Crippen LogP contribution in [-0.2, 0) is 6.54 Å². The number of halogens is 1. The van der Waals surface area contributed by atoms with Crippen molar-refractivity contribution >= 4 is 33.4 Å². The summed E-state index contributed by atoms with van der Waals surface area (Å²) in [6.07, 6.45) is 1.13. The second-order valence-electron chi connectivity index (χ2n) is 4.25. The second-order valence-corrected chi connectivity index (χ2v) is 5.11. The van der Waals surface area contributed by atoms with Crippen molar-refractivity contribution in [1.82, 2.24) is 9.97 Å². The minimum Gasteiger partial charge on any atom is -0.349 e. The molecule has 0 radical (unpaired) electrons. The van der Waals surface area contributed by atoms with Gasteiger partial charge in [-0.2, -0.15) is 4.98 Å². The van der Waals surface area contributed by atoms with E-state index in [-0.39, 0.29) is 17.5 Å². The van der Waals surface area contributed by atoms with Gasteiger partial charge in [-0.25, -0.2) is 10.8 Å². The summed E-state index contributed by atoms with van der Waals surface area (Å²) >= 11 is 3.45. The highest BCUT2D eigenvalue weighted by Crippen LogP contribution is 2.27. The molecule has 2 aromatic rings. The van der Waals surface area contributed by atoms with Crippen molar-refractivity contribution in [2.75, 3.05) is 17.4 Å². The molecule has 0 saturated heterocycles. The van der Waals surface area contributed by atoms with E-state index in [1.807, 2.05) is 24.3 Å². The van der Waals surface area contributed by atoms with Crippen LogP contribution in [0.5, 0.6) is 0 Å². The zero-order valence-electron chi connectivity index (χ0n) is 11.2. The molecule has 110 valence electrons. The van der Waals surface area contributed by atoms with Gasteiger partial charge in [0, 0.05) is 18.1 Å². The lowest BCUT2D eigenvalue weighted by molar-refractivity contribution is -0.384. The Labute approximate surface area is 129 Å². The van der Waals surface area contributed by atoms with Gasteiger partial charge in [0.15, 0.2) is 0 Å². The molecule has 3 N–H and O–H groups in total. The van der Waals surface area contributed by atoms with Crippen LogP contribution in [0.3, 0.4) is 0 Å². The fourth-order valence-corrected chi connectivity index (χ4v) is 2.21. The average molecular weight is 353 g/mol. The molecule has 0 amide bonds. The van der Waals surface area contributed by atoms with E-state index in [0.717, 1.165) is 16.2 Å². The summed E-state index contributed by atoms with van der Waals surface area (Å²) < 4.78 is 0.922. The van der Waals surface area contributed by atoms with Gasteiger partial charge in [0.25, 0.3) is 0 Å². The minimum atomic E-state index is -0.522. The van der Waals surface area contributed by atoms with Crippen LogP contribution in [0.4, 0.5) is 17.5 Å². The van der Waals surface area contributed by atoms with Gasteiger partial charge in [-0.15, -0.1) is 0 Å². The summed E-state index contributed by atoms with van der Waals surface area (Å²) in [5, 5.41) is 11.1. The molecule has 0 spiro atoms. The number of nitrogen functional groups attached to an aromatic ring is 1. The predicted molar refractivity (Wildman–Crippen MR) is 82.7 cm³/mol. The van der Waals surface area contributed by atoms with Crippen LogP contribution in [-0.4, -0.2) is 21.9 Å². The van der Waals surface area contributed by atoms with Crippen LogP contribution in [0.2, 0.25) is 0 Å².